The molecule has 0 heterocycles. The first-order chi connectivity index (χ1) is 14.3. The standard InChI is InChI=1S/C23H38O6S/c1-4-5-9-16(2)14-17(24)11-12-18-20(25)15-19(23(28)29-3)22(18)30-13-8-6-7-10-21(26)27/h11-12,16-18,20,24-25H,4-10,13-15H2,1-3H3,(H,26,27)/t16-,17-,18+,20-/m1/s1. The molecule has 172 valence electrons. The maximum atomic E-state index is 12.2. The smallest absolute Gasteiger partial charge is 0.334 e. The third kappa shape index (κ3) is 9.67. The molecule has 0 aromatic rings. The van der Waals surface area contributed by atoms with Crippen LogP contribution in [0.1, 0.15) is 71.6 Å². The zero-order valence-corrected chi connectivity index (χ0v) is 19.3. The van der Waals surface area contributed by atoms with Gasteiger partial charge in [-0.1, -0.05) is 51.7 Å². The molecule has 0 amide bonds. The fourth-order valence-electron chi connectivity index (χ4n) is 3.67. The first kappa shape index (κ1) is 26.7. The molecule has 30 heavy (non-hydrogen) atoms. The Bertz CT molecular complexity index is 601. The summed E-state index contributed by atoms with van der Waals surface area (Å²) in [6.07, 6.45) is 9.01. The van der Waals surface area contributed by atoms with Crippen molar-refractivity contribution in [3.63, 3.8) is 0 Å². The van der Waals surface area contributed by atoms with Crippen molar-refractivity contribution in [3.05, 3.63) is 22.6 Å². The lowest BCUT2D eigenvalue weighted by Crippen LogP contribution is -2.15. The highest BCUT2D eigenvalue weighted by molar-refractivity contribution is 8.03. The number of aliphatic carboxylic acids is 1. The molecule has 0 aromatic carbocycles. The van der Waals surface area contributed by atoms with Gasteiger partial charge in [-0.25, -0.2) is 4.79 Å². The van der Waals surface area contributed by atoms with Gasteiger partial charge in [0.2, 0.25) is 0 Å². The number of methoxy groups -OCH3 is 1. The Morgan fingerprint density at radius 3 is 2.63 bits per heavy atom. The number of carbonyl (C=O) groups is 2. The molecule has 0 radical (unpaired) electrons. The highest BCUT2D eigenvalue weighted by Gasteiger charge is 2.35. The molecule has 0 aromatic heterocycles. The first-order valence-corrected chi connectivity index (χ1v) is 12.0. The monoisotopic (exact) mass is 442 g/mol. The zero-order chi connectivity index (χ0) is 22.5. The Hall–Kier alpha value is -1.31. The van der Waals surface area contributed by atoms with Crippen LogP contribution in [0.5, 0.6) is 0 Å². The topological polar surface area (TPSA) is 104 Å². The molecule has 6 nitrogen and oxygen atoms in total. The van der Waals surface area contributed by atoms with E-state index in [1.807, 2.05) is 6.08 Å². The summed E-state index contributed by atoms with van der Waals surface area (Å²) in [7, 11) is 1.33. The van der Waals surface area contributed by atoms with Crippen LogP contribution in [-0.4, -0.2) is 52.3 Å². The van der Waals surface area contributed by atoms with Crippen molar-refractivity contribution < 1.29 is 29.6 Å². The number of unbranched alkanes of at least 4 members (excludes halogenated alkanes) is 3. The van der Waals surface area contributed by atoms with Crippen LogP contribution in [0.3, 0.4) is 0 Å². The van der Waals surface area contributed by atoms with Gasteiger partial charge < -0.3 is 20.1 Å². The Morgan fingerprint density at radius 2 is 2.00 bits per heavy atom. The number of carboxylic acid groups (broad SMARTS) is 1. The van der Waals surface area contributed by atoms with Gasteiger partial charge in [0.25, 0.3) is 0 Å². The van der Waals surface area contributed by atoms with Crippen LogP contribution in [0.15, 0.2) is 22.6 Å². The van der Waals surface area contributed by atoms with E-state index in [-0.39, 0.29) is 18.8 Å². The average molecular weight is 443 g/mol. The van der Waals surface area contributed by atoms with Gasteiger partial charge in [-0.3, -0.25) is 4.79 Å². The second-order valence-electron chi connectivity index (χ2n) is 8.12. The number of aliphatic hydroxyl groups excluding tert-OH is 2. The molecule has 0 saturated heterocycles. The highest BCUT2D eigenvalue weighted by Crippen LogP contribution is 2.41. The third-order valence-corrected chi connectivity index (χ3v) is 6.71. The van der Waals surface area contributed by atoms with Gasteiger partial charge in [0.15, 0.2) is 0 Å². The summed E-state index contributed by atoms with van der Waals surface area (Å²) in [4.78, 5) is 23.6. The van der Waals surface area contributed by atoms with Crippen LogP contribution in [0, 0.1) is 11.8 Å². The van der Waals surface area contributed by atoms with Gasteiger partial charge in [-0.2, -0.15) is 0 Å². The summed E-state index contributed by atoms with van der Waals surface area (Å²) in [6.45, 7) is 4.29. The number of hydrogen-bond acceptors (Lipinski definition) is 6. The maximum Gasteiger partial charge on any atom is 0.334 e. The van der Waals surface area contributed by atoms with Crippen LogP contribution in [0.2, 0.25) is 0 Å². The molecule has 0 aliphatic heterocycles. The number of hydrogen-bond donors (Lipinski definition) is 3. The minimum absolute atomic E-state index is 0.166. The fraction of sp³-hybridized carbons (Fsp3) is 0.739. The van der Waals surface area contributed by atoms with E-state index >= 15 is 0 Å². The predicted octanol–water partition coefficient (Wildman–Crippen LogP) is 4.31. The summed E-state index contributed by atoms with van der Waals surface area (Å²) >= 11 is 1.52. The molecule has 1 rings (SSSR count). The van der Waals surface area contributed by atoms with Gasteiger partial charge in [-0.15, -0.1) is 11.8 Å². The number of ether oxygens (including phenoxy) is 1. The lowest BCUT2D eigenvalue weighted by molar-refractivity contribution is -0.137. The van der Waals surface area contributed by atoms with Crippen LogP contribution >= 0.6 is 11.8 Å². The van der Waals surface area contributed by atoms with Gasteiger partial charge in [0.05, 0.1) is 19.3 Å². The summed E-state index contributed by atoms with van der Waals surface area (Å²) < 4.78 is 4.89. The summed E-state index contributed by atoms with van der Waals surface area (Å²) in [5, 5.41) is 29.6. The second-order valence-corrected chi connectivity index (χ2v) is 9.26. The minimum atomic E-state index is -0.787. The quantitative estimate of drug-likeness (QED) is 0.197. The molecule has 7 heteroatoms. The van der Waals surface area contributed by atoms with Crippen LogP contribution in [0.25, 0.3) is 0 Å². The van der Waals surface area contributed by atoms with E-state index in [1.54, 1.807) is 6.08 Å². The average Bonchev–Trinajstić information content (AvgIpc) is 3.01. The number of carbonyl (C=O) groups excluding carboxylic acids is 1. The molecule has 0 fully saturated rings. The van der Waals surface area contributed by atoms with Crippen LogP contribution in [0.4, 0.5) is 0 Å². The summed E-state index contributed by atoms with van der Waals surface area (Å²) in [5.41, 5.74) is 0.501. The van der Waals surface area contributed by atoms with Gasteiger partial charge in [-0.05, 0) is 30.9 Å². The Labute approximate surface area is 184 Å². The molecule has 0 spiro atoms. The van der Waals surface area contributed by atoms with E-state index in [1.165, 1.54) is 18.9 Å². The van der Waals surface area contributed by atoms with E-state index in [9.17, 15) is 19.8 Å². The largest absolute Gasteiger partial charge is 0.481 e. The predicted molar refractivity (Wildman–Crippen MR) is 120 cm³/mol. The van der Waals surface area contributed by atoms with Crippen molar-refractivity contribution in [1.82, 2.24) is 0 Å². The number of aliphatic hydroxyl groups is 2. The molecule has 1 aliphatic carbocycles. The number of rotatable bonds is 15. The van der Waals surface area contributed by atoms with E-state index in [0.29, 0.717) is 24.3 Å². The van der Waals surface area contributed by atoms with E-state index in [4.69, 9.17) is 9.84 Å². The normalized spacial score (nSPS) is 21.2. The van der Waals surface area contributed by atoms with E-state index in [0.717, 1.165) is 42.8 Å². The molecular formula is C23H38O6S. The van der Waals surface area contributed by atoms with Crippen LogP contribution in [-0.2, 0) is 14.3 Å². The molecule has 0 saturated carbocycles. The molecular weight excluding hydrogens is 404 g/mol. The number of esters is 1. The molecule has 4 atom stereocenters. The maximum absolute atomic E-state index is 12.2. The van der Waals surface area contributed by atoms with Crippen molar-refractivity contribution in [2.75, 3.05) is 12.9 Å². The van der Waals surface area contributed by atoms with E-state index in [2.05, 4.69) is 13.8 Å². The SMILES string of the molecule is CCCC[C@@H](C)C[C@H](O)C=C[C@@H]1C(SCCCCCC(=O)O)=C(C(=O)OC)C[C@H]1O. The first-order valence-electron chi connectivity index (χ1n) is 11.0. The summed E-state index contributed by atoms with van der Waals surface area (Å²) in [5.74, 6) is -0.372. The lowest BCUT2D eigenvalue weighted by Gasteiger charge is -2.17. The minimum Gasteiger partial charge on any atom is -0.481 e. The molecule has 0 bridgehead atoms. The van der Waals surface area contributed by atoms with E-state index < -0.39 is 24.1 Å². The highest BCUT2D eigenvalue weighted by atomic mass is 32.2. The van der Waals surface area contributed by atoms with Crippen molar-refractivity contribution in [3.8, 4) is 0 Å². The van der Waals surface area contributed by atoms with Gasteiger partial charge in [0, 0.05) is 29.2 Å². The fourth-order valence-corrected chi connectivity index (χ4v) is 5.00. The van der Waals surface area contributed by atoms with Gasteiger partial charge >= 0.3 is 11.9 Å². The zero-order valence-electron chi connectivity index (χ0n) is 18.5. The second kappa shape index (κ2) is 14.7. The van der Waals surface area contributed by atoms with Crippen molar-refractivity contribution >= 4 is 23.7 Å². The van der Waals surface area contributed by atoms with Crippen molar-refractivity contribution in [1.29, 1.82) is 0 Å². The molecule has 0 unspecified atom stereocenters. The third-order valence-electron chi connectivity index (χ3n) is 5.39. The number of thioether (sulfide) groups is 1. The lowest BCUT2D eigenvalue weighted by atomic mass is 9.96. The van der Waals surface area contributed by atoms with Crippen molar-refractivity contribution in [2.45, 2.75) is 83.8 Å². The Kier molecular flexibility index (Phi) is 13.1. The Balaban J connectivity index is 2.72. The summed E-state index contributed by atoms with van der Waals surface area (Å²) in [6, 6.07) is 0. The van der Waals surface area contributed by atoms with Gasteiger partial charge in [0.1, 0.15) is 0 Å². The Morgan fingerprint density at radius 1 is 1.27 bits per heavy atom. The molecule has 3 N–H and O–H groups in total. The molecule has 1 aliphatic rings. The van der Waals surface area contributed by atoms with Crippen LogP contribution < -0.4 is 0 Å². The van der Waals surface area contributed by atoms with Crippen molar-refractivity contribution in [2.24, 2.45) is 11.8 Å². The number of carboxylic acids is 1.